The zero-order chi connectivity index (χ0) is 21.8. The Kier molecular flexibility index (Phi) is 7.07. The second-order valence-electron chi connectivity index (χ2n) is 6.53. The van der Waals surface area contributed by atoms with Gasteiger partial charge in [0.2, 0.25) is 5.91 Å². The van der Waals surface area contributed by atoms with Gasteiger partial charge >= 0.3 is 5.97 Å². The van der Waals surface area contributed by atoms with Crippen molar-refractivity contribution in [3.8, 4) is 5.75 Å². The van der Waals surface area contributed by atoms with Gasteiger partial charge in [-0.3, -0.25) is 9.59 Å². The number of nitrogens with zero attached hydrogens (tertiary/aromatic N) is 1. The standard InChI is InChI=1S/C20H17Cl3N2O5/c1-11-6-18(26)24-15-4-2-3-5-16(15)25(11)19(27)9-30-20(28)10-29-17-8-13(22)12(21)7-14(17)23/h2-5,7-8,11H,6,9-10H2,1H3,(H,24,26). The van der Waals surface area contributed by atoms with E-state index >= 15 is 0 Å². The highest BCUT2D eigenvalue weighted by Gasteiger charge is 2.30. The number of hydrogen-bond donors (Lipinski definition) is 1. The molecule has 10 heteroatoms. The fraction of sp³-hybridized carbons (Fsp3) is 0.250. The Labute approximate surface area is 187 Å². The third-order valence-corrected chi connectivity index (χ3v) is 5.32. The first-order valence-electron chi connectivity index (χ1n) is 8.90. The van der Waals surface area contributed by atoms with E-state index in [9.17, 15) is 14.4 Å². The lowest BCUT2D eigenvalue weighted by molar-refractivity contribution is -0.149. The molecule has 0 aromatic heterocycles. The lowest BCUT2D eigenvalue weighted by atomic mass is 10.1. The number of benzene rings is 2. The van der Waals surface area contributed by atoms with Gasteiger partial charge in [-0.05, 0) is 25.1 Å². The molecule has 7 nitrogen and oxygen atoms in total. The van der Waals surface area contributed by atoms with Crippen molar-refractivity contribution in [1.29, 1.82) is 0 Å². The van der Waals surface area contributed by atoms with Gasteiger partial charge in [-0.15, -0.1) is 0 Å². The van der Waals surface area contributed by atoms with Crippen LogP contribution in [0.1, 0.15) is 13.3 Å². The Morgan fingerprint density at radius 1 is 1.10 bits per heavy atom. The van der Waals surface area contributed by atoms with E-state index in [0.717, 1.165) is 0 Å². The maximum atomic E-state index is 12.8. The summed E-state index contributed by atoms with van der Waals surface area (Å²) in [6.45, 7) is 0.762. The van der Waals surface area contributed by atoms with E-state index in [1.165, 1.54) is 17.0 Å². The first-order valence-corrected chi connectivity index (χ1v) is 10.0. The first kappa shape index (κ1) is 22.2. The number of amides is 2. The summed E-state index contributed by atoms with van der Waals surface area (Å²) < 4.78 is 10.3. The molecule has 0 saturated carbocycles. The minimum Gasteiger partial charge on any atom is -0.480 e. The number of esters is 1. The normalized spacial score (nSPS) is 15.7. The zero-order valence-corrected chi connectivity index (χ0v) is 18.1. The zero-order valence-electron chi connectivity index (χ0n) is 15.8. The van der Waals surface area contributed by atoms with Gasteiger partial charge in [0.25, 0.3) is 5.91 Å². The summed E-state index contributed by atoms with van der Waals surface area (Å²) in [5.74, 6) is -1.27. The molecule has 0 bridgehead atoms. The highest BCUT2D eigenvalue weighted by atomic mass is 35.5. The van der Waals surface area contributed by atoms with Gasteiger partial charge < -0.3 is 19.7 Å². The van der Waals surface area contributed by atoms with Gasteiger partial charge in [-0.2, -0.15) is 0 Å². The molecule has 3 rings (SSSR count). The van der Waals surface area contributed by atoms with E-state index in [4.69, 9.17) is 44.3 Å². The van der Waals surface area contributed by atoms with Crippen molar-refractivity contribution in [2.45, 2.75) is 19.4 Å². The van der Waals surface area contributed by atoms with Crippen molar-refractivity contribution in [1.82, 2.24) is 0 Å². The van der Waals surface area contributed by atoms with E-state index in [2.05, 4.69) is 5.32 Å². The van der Waals surface area contributed by atoms with E-state index < -0.39 is 31.1 Å². The van der Waals surface area contributed by atoms with Crippen molar-refractivity contribution in [3.63, 3.8) is 0 Å². The van der Waals surface area contributed by atoms with Crippen LogP contribution in [0.5, 0.6) is 5.75 Å². The molecular formula is C20H17Cl3N2O5. The SMILES string of the molecule is CC1CC(=O)Nc2ccccc2N1C(=O)COC(=O)COc1cc(Cl)c(Cl)cc1Cl. The predicted octanol–water partition coefficient (Wildman–Crippen LogP) is 4.33. The maximum Gasteiger partial charge on any atom is 0.344 e. The van der Waals surface area contributed by atoms with Gasteiger partial charge in [0.1, 0.15) is 5.75 Å². The third kappa shape index (κ3) is 5.16. The molecule has 158 valence electrons. The minimum absolute atomic E-state index is 0.118. The number of para-hydroxylation sites is 2. The van der Waals surface area contributed by atoms with Crippen LogP contribution < -0.4 is 15.0 Å². The molecule has 0 aliphatic carbocycles. The summed E-state index contributed by atoms with van der Waals surface area (Å²) >= 11 is 17.7. The van der Waals surface area contributed by atoms with Crippen molar-refractivity contribution >= 4 is 64.0 Å². The molecule has 1 atom stereocenters. The summed E-state index contributed by atoms with van der Waals surface area (Å²) in [4.78, 5) is 38.2. The average molecular weight is 472 g/mol. The lowest BCUT2D eigenvalue weighted by Gasteiger charge is -2.27. The topological polar surface area (TPSA) is 84.9 Å². The monoisotopic (exact) mass is 470 g/mol. The van der Waals surface area contributed by atoms with Crippen LogP contribution in [0.15, 0.2) is 36.4 Å². The number of anilines is 2. The molecule has 1 heterocycles. The van der Waals surface area contributed by atoms with E-state index in [-0.39, 0.29) is 33.1 Å². The van der Waals surface area contributed by atoms with Crippen molar-refractivity contribution in [3.05, 3.63) is 51.5 Å². The summed E-state index contributed by atoms with van der Waals surface area (Å²) in [5, 5.41) is 3.41. The maximum absolute atomic E-state index is 12.8. The first-order chi connectivity index (χ1) is 14.3. The fourth-order valence-electron chi connectivity index (χ4n) is 2.97. The van der Waals surface area contributed by atoms with E-state index in [1.54, 1.807) is 31.2 Å². The molecule has 1 aliphatic rings. The molecular weight excluding hydrogens is 455 g/mol. The summed E-state index contributed by atoms with van der Waals surface area (Å²) in [7, 11) is 0. The largest absolute Gasteiger partial charge is 0.480 e. The Morgan fingerprint density at radius 2 is 1.80 bits per heavy atom. The van der Waals surface area contributed by atoms with Crippen LogP contribution >= 0.6 is 34.8 Å². The number of hydrogen-bond acceptors (Lipinski definition) is 5. The number of fused-ring (bicyclic) bond motifs is 1. The van der Waals surface area contributed by atoms with Crippen molar-refractivity contribution in [2.24, 2.45) is 0 Å². The second kappa shape index (κ2) is 9.55. The average Bonchev–Trinajstić information content (AvgIpc) is 2.82. The molecule has 1 N–H and O–H groups in total. The Balaban J connectivity index is 1.62. The highest BCUT2D eigenvalue weighted by Crippen LogP contribution is 2.34. The van der Waals surface area contributed by atoms with E-state index in [0.29, 0.717) is 11.4 Å². The van der Waals surface area contributed by atoms with Crippen LogP contribution in [0.25, 0.3) is 0 Å². The van der Waals surface area contributed by atoms with Gasteiger partial charge in [0.05, 0.1) is 26.4 Å². The van der Waals surface area contributed by atoms with Crippen LogP contribution in [-0.4, -0.2) is 37.0 Å². The number of ether oxygens (including phenoxy) is 2. The van der Waals surface area contributed by atoms with Gasteiger partial charge in [0, 0.05) is 18.5 Å². The Hall–Kier alpha value is -2.48. The molecule has 2 amide bonds. The molecule has 1 aliphatic heterocycles. The number of carbonyl (C=O) groups excluding carboxylic acids is 3. The molecule has 2 aromatic carbocycles. The Bertz CT molecular complexity index is 998. The lowest BCUT2D eigenvalue weighted by Crippen LogP contribution is -2.41. The molecule has 0 radical (unpaired) electrons. The molecule has 30 heavy (non-hydrogen) atoms. The van der Waals surface area contributed by atoms with Crippen molar-refractivity contribution in [2.75, 3.05) is 23.4 Å². The smallest absolute Gasteiger partial charge is 0.344 e. The molecule has 0 fully saturated rings. The Morgan fingerprint density at radius 3 is 2.57 bits per heavy atom. The molecule has 0 saturated heterocycles. The summed E-state index contributed by atoms with van der Waals surface area (Å²) in [5.41, 5.74) is 1.06. The summed E-state index contributed by atoms with van der Waals surface area (Å²) in [6.07, 6.45) is 0.118. The summed E-state index contributed by atoms with van der Waals surface area (Å²) in [6, 6.07) is 9.28. The third-order valence-electron chi connectivity index (χ3n) is 4.30. The number of halogens is 3. The highest BCUT2D eigenvalue weighted by molar-refractivity contribution is 6.43. The number of nitrogens with one attached hydrogen (secondary N) is 1. The van der Waals surface area contributed by atoms with Gasteiger partial charge in [-0.25, -0.2) is 4.79 Å². The predicted molar refractivity (Wildman–Crippen MR) is 115 cm³/mol. The molecule has 1 unspecified atom stereocenters. The van der Waals surface area contributed by atoms with Gasteiger partial charge in [-0.1, -0.05) is 46.9 Å². The van der Waals surface area contributed by atoms with E-state index in [1.807, 2.05) is 0 Å². The number of carbonyl (C=O) groups is 3. The minimum atomic E-state index is -0.768. The fourth-order valence-corrected chi connectivity index (χ4v) is 3.56. The van der Waals surface area contributed by atoms with Crippen LogP contribution in [0.4, 0.5) is 11.4 Å². The molecule has 2 aromatic rings. The van der Waals surface area contributed by atoms with Crippen LogP contribution in [0.3, 0.4) is 0 Å². The second-order valence-corrected chi connectivity index (χ2v) is 7.75. The van der Waals surface area contributed by atoms with Crippen LogP contribution in [-0.2, 0) is 19.1 Å². The van der Waals surface area contributed by atoms with Crippen LogP contribution in [0, 0.1) is 0 Å². The number of rotatable bonds is 5. The van der Waals surface area contributed by atoms with Crippen LogP contribution in [0.2, 0.25) is 15.1 Å². The molecule has 0 spiro atoms. The quantitative estimate of drug-likeness (QED) is 0.518. The van der Waals surface area contributed by atoms with Crippen molar-refractivity contribution < 1.29 is 23.9 Å². The van der Waals surface area contributed by atoms with Gasteiger partial charge in [0.15, 0.2) is 13.2 Å².